The third kappa shape index (κ3) is 3.68. The van der Waals surface area contributed by atoms with Crippen molar-refractivity contribution in [2.24, 2.45) is 0 Å². The van der Waals surface area contributed by atoms with Crippen LogP contribution in [0.25, 0.3) is 0 Å². The van der Waals surface area contributed by atoms with Crippen LogP contribution < -0.4 is 5.32 Å². The van der Waals surface area contributed by atoms with Crippen molar-refractivity contribution in [1.82, 2.24) is 5.32 Å². The molecule has 17 heavy (non-hydrogen) atoms. The highest BCUT2D eigenvalue weighted by Crippen LogP contribution is 2.36. The molecule has 0 fully saturated rings. The van der Waals surface area contributed by atoms with Gasteiger partial charge < -0.3 is 10.1 Å². The van der Waals surface area contributed by atoms with Crippen LogP contribution in [0.3, 0.4) is 0 Å². The molecule has 0 amide bonds. The Hall–Kier alpha value is -0.0900. The van der Waals surface area contributed by atoms with E-state index >= 15 is 0 Å². The fourth-order valence-corrected chi connectivity index (χ4v) is 3.13. The zero-order valence-electron chi connectivity index (χ0n) is 11.0. The summed E-state index contributed by atoms with van der Waals surface area (Å²) in [6.45, 7) is 7.45. The molecule has 0 saturated carbocycles. The lowest BCUT2D eigenvalue weighted by atomic mass is 9.91. The number of methoxy groups -OCH3 is 1. The predicted molar refractivity (Wildman–Crippen MR) is 76.1 cm³/mol. The van der Waals surface area contributed by atoms with Gasteiger partial charge >= 0.3 is 0 Å². The normalized spacial score (nSPS) is 16.8. The summed E-state index contributed by atoms with van der Waals surface area (Å²) < 4.78 is 6.54. The first-order valence-corrected chi connectivity index (χ1v) is 7.30. The molecule has 0 spiro atoms. The Labute approximate surface area is 113 Å². The summed E-state index contributed by atoms with van der Waals surface area (Å²) in [7, 11) is 1.78. The van der Waals surface area contributed by atoms with E-state index in [0.717, 1.165) is 23.7 Å². The molecule has 0 aliphatic carbocycles. The van der Waals surface area contributed by atoms with Crippen molar-refractivity contribution in [3.8, 4) is 0 Å². The van der Waals surface area contributed by atoms with Crippen LogP contribution in [0.15, 0.2) is 12.1 Å². The van der Waals surface area contributed by atoms with Gasteiger partial charge in [0.15, 0.2) is 0 Å². The van der Waals surface area contributed by atoms with Crippen LogP contribution >= 0.6 is 22.9 Å². The lowest BCUT2D eigenvalue weighted by molar-refractivity contribution is -0.0289. The van der Waals surface area contributed by atoms with Crippen LogP contribution in [0.5, 0.6) is 0 Å². The minimum atomic E-state index is -0.191. The Morgan fingerprint density at radius 2 is 2.18 bits per heavy atom. The SMILES string of the molecule is CCCNC(c1ccc(Cl)s1)C(C)(CC)OC. The molecule has 0 aromatic carbocycles. The van der Waals surface area contributed by atoms with E-state index < -0.39 is 0 Å². The molecular formula is C13H22ClNOS. The first-order valence-electron chi connectivity index (χ1n) is 6.11. The first-order chi connectivity index (χ1) is 8.07. The molecule has 1 aromatic heterocycles. The zero-order valence-corrected chi connectivity index (χ0v) is 12.6. The van der Waals surface area contributed by atoms with E-state index in [1.165, 1.54) is 4.88 Å². The first kappa shape index (κ1) is 15.0. The quantitative estimate of drug-likeness (QED) is 0.803. The van der Waals surface area contributed by atoms with E-state index in [9.17, 15) is 0 Å². The number of halogens is 1. The maximum Gasteiger partial charge on any atom is 0.0931 e. The molecule has 1 rings (SSSR count). The fourth-order valence-electron chi connectivity index (χ4n) is 1.86. The minimum absolute atomic E-state index is 0.191. The molecule has 0 bridgehead atoms. The average Bonchev–Trinajstić information content (AvgIpc) is 2.75. The molecule has 4 heteroatoms. The third-order valence-corrected chi connectivity index (χ3v) is 4.55. The summed E-state index contributed by atoms with van der Waals surface area (Å²) in [6, 6.07) is 4.25. The highest BCUT2D eigenvalue weighted by atomic mass is 35.5. The maximum absolute atomic E-state index is 6.02. The van der Waals surface area contributed by atoms with E-state index in [0.29, 0.717) is 0 Å². The van der Waals surface area contributed by atoms with Gasteiger partial charge in [0.2, 0.25) is 0 Å². The van der Waals surface area contributed by atoms with Gasteiger partial charge in [-0.25, -0.2) is 0 Å². The Morgan fingerprint density at radius 1 is 1.47 bits per heavy atom. The van der Waals surface area contributed by atoms with Crippen LogP contribution in [-0.2, 0) is 4.74 Å². The molecular weight excluding hydrogens is 254 g/mol. The van der Waals surface area contributed by atoms with Crippen LogP contribution in [0.2, 0.25) is 4.34 Å². The van der Waals surface area contributed by atoms with E-state index in [2.05, 4.69) is 32.2 Å². The second-order valence-corrected chi connectivity index (χ2v) is 6.15. The van der Waals surface area contributed by atoms with Gasteiger partial charge in [-0.05, 0) is 38.4 Å². The van der Waals surface area contributed by atoms with Crippen LogP contribution in [0.1, 0.15) is 44.5 Å². The van der Waals surface area contributed by atoms with Crippen molar-refractivity contribution in [2.45, 2.75) is 45.3 Å². The summed E-state index contributed by atoms with van der Waals surface area (Å²) in [5.74, 6) is 0. The number of ether oxygens (including phenoxy) is 1. The summed E-state index contributed by atoms with van der Waals surface area (Å²) >= 11 is 7.65. The standard InChI is InChI=1S/C13H22ClNOS/c1-5-9-15-12(13(3,6-2)16-4)10-7-8-11(14)17-10/h7-8,12,15H,5-6,9H2,1-4H3. The van der Waals surface area contributed by atoms with Crippen molar-refractivity contribution in [3.63, 3.8) is 0 Å². The van der Waals surface area contributed by atoms with Crippen molar-refractivity contribution < 1.29 is 4.74 Å². The summed E-state index contributed by atoms with van der Waals surface area (Å²) in [4.78, 5) is 1.25. The second kappa shape index (κ2) is 6.74. The van der Waals surface area contributed by atoms with Crippen LogP contribution in [0, 0.1) is 0 Å². The molecule has 0 saturated heterocycles. The summed E-state index contributed by atoms with van der Waals surface area (Å²) in [5.41, 5.74) is -0.191. The van der Waals surface area contributed by atoms with Crippen LogP contribution in [0.4, 0.5) is 0 Å². The van der Waals surface area contributed by atoms with Crippen molar-refractivity contribution >= 4 is 22.9 Å². The van der Waals surface area contributed by atoms with Gasteiger partial charge in [0.05, 0.1) is 16.0 Å². The van der Waals surface area contributed by atoms with Gasteiger partial charge in [0.25, 0.3) is 0 Å². The Morgan fingerprint density at radius 3 is 2.59 bits per heavy atom. The summed E-state index contributed by atoms with van der Waals surface area (Å²) in [5, 5.41) is 3.57. The van der Waals surface area contributed by atoms with E-state index in [4.69, 9.17) is 16.3 Å². The molecule has 1 N–H and O–H groups in total. The zero-order chi connectivity index (χ0) is 12.9. The van der Waals surface area contributed by atoms with E-state index in [1.807, 2.05) is 6.07 Å². The largest absolute Gasteiger partial charge is 0.377 e. The Balaban J connectivity index is 2.94. The number of hydrogen-bond donors (Lipinski definition) is 1. The molecule has 0 aliphatic rings. The number of thiophene rings is 1. The number of nitrogens with one attached hydrogen (secondary N) is 1. The molecule has 2 unspecified atom stereocenters. The fraction of sp³-hybridized carbons (Fsp3) is 0.692. The highest BCUT2D eigenvalue weighted by molar-refractivity contribution is 7.16. The number of hydrogen-bond acceptors (Lipinski definition) is 3. The lowest BCUT2D eigenvalue weighted by Crippen LogP contribution is -2.42. The molecule has 0 radical (unpaired) electrons. The van der Waals surface area contributed by atoms with Crippen molar-refractivity contribution in [2.75, 3.05) is 13.7 Å². The Bertz CT molecular complexity index is 336. The third-order valence-electron chi connectivity index (χ3n) is 3.26. The minimum Gasteiger partial charge on any atom is -0.377 e. The average molecular weight is 276 g/mol. The smallest absolute Gasteiger partial charge is 0.0931 e. The molecule has 2 nitrogen and oxygen atoms in total. The molecule has 1 heterocycles. The van der Waals surface area contributed by atoms with Gasteiger partial charge in [-0.15, -0.1) is 11.3 Å². The molecule has 2 atom stereocenters. The maximum atomic E-state index is 6.02. The van der Waals surface area contributed by atoms with Gasteiger partial charge in [0, 0.05) is 12.0 Å². The van der Waals surface area contributed by atoms with E-state index in [-0.39, 0.29) is 11.6 Å². The second-order valence-electron chi connectivity index (χ2n) is 4.40. The molecule has 1 aromatic rings. The lowest BCUT2D eigenvalue weighted by Gasteiger charge is -2.36. The topological polar surface area (TPSA) is 21.3 Å². The van der Waals surface area contributed by atoms with Gasteiger partial charge in [-0.3, -0.25) is 0 Å². The van der Waals surface area contributed by atoms with Crippen molar-refractivity contribution in [1.29, 1.82) is 0 Å². The van der Waals surface area contributed by atoms with Crippen LogP contribution in [-0.4, -0.2) is 19.3 Å². The predicted octanol–water partition coefficient (Wildman–Crippen LogP) is 4.26. The molecule has 98 valence electrons. The monoisotopic (exact) mass is 275 g/mol. The number of rotatable bonds is 7. The van der Waals surface area contributed by atoms with Gasteiger partial charge in [-0.1, -0.05) is 25.4 Å². The summed E-state index contributed by atoms with van der Waals surface area (Å²) in [6.07, 6.45) is 2.07. The Kier molecular flexibility index (Phi) is 5.93. The van der Waals surface area contributed by atoms with Gasteiger partial charge in [-0.2, -0.15) is 0 Å². The van der Waals surface area contributed by atoms with E-state index in [1.54, 1.807) is 18.4 Å². The van der Waals surface area contributed by atoms with Gasteiger partial charge in [0.1, 0.15) is 0 Å². The highest BCUT2D eigenvalue weighted by Gasteiger charge is 2.34. The van der Waals surface area contributed by atoms with Crippen molar-refractivity contribution in [3.05, 3.63) is 21.3 Å². The molecule has 0 aliphatic heterocycles.